The van der Waals surface area contributed by atoms with Gasteiger partial charge in [-0.25, -0.2) is 0 Å². The number of H-pyrrole nitrogens is 1. The van der Waals surface area contributed by atoms with Crippen molar-refractivity contribution < 1.29 is 4.79 Å². The molecule has 94 valence electrons. The second kappa shape index (κ2) is 6.42. The van der Waals surface area contributed by atoms with E-state index in [-0.39, 0.29) is 18.3 Å². The molecule has 1 aliphatic rings. The Morgan fingerprint density at radius 2 is 2.41 bits per heavy atom. The molecule has 5 nitrogen and oxygen atoms in total. The topological polar surface area (TPSA) is 69.8 Å². The summed E-state index contributed by atoms with van der Waals surface area (Å²) in [5, 5.41) is 12.7. The zero-order valence-corrected chi connectivity index (χ0v) is 10.6. The van der Waals surface area contributed by atoms with Crippen LogP contribution in [0.1, 0.15) is 22.5 Å². The monoisotopic (exact) mass is 256 g/mol. The zero-order chi connectivity index (χ0) is 11.4. The summed E-state index contributed by atoms with van der Waals surface area (Å²) in [6.07, 6.45) is 4.69. The minimum Gasteiger partial charge on any atom is -0.348 e. The Bertz CT molecular complexity index is 413. The number of nitrogens with one attached hydrogen (secondary N) is 3. The van der Waals surface area contributed by atoms with E-state index < -0.39 is 0 Å². The van der Waals surface area contributed by atoms with Gasteiger partial charge in [0.1, 0.15) is 0 Å². The van der Waals surface area contributed by atoms with Crippen molar-refractivity contribution in [1.82, 2.24) is 20.8 Å². The molecule has 0 atom stereocenters. The minimum absolute atomic E-state index is 0. The molecule has 0 radical (unpaired) electrons. The molecule has 1 aromatic rings. The fourth-order valence-corrected chi connectivity index (χ4v) is 1.70. The van der Waals surface area contributed by atoms with Crippen LogP contribution < -0.4 is 10.6 Å². The van der Waals surface area contributed by atoms with Crippen molar-refractivity contribution in [2.75, 3.05) is 19.6 Å². The third-order valence-corrected chi connectivity index (χ3v) is 2.71. The molecule has 0 aliphatic carbocycles. The molecule has 17 heavy (non-hydrogen) atoms. The summed E-state index contributed by atoms with van der Waals surface area (Å²) in [6.45, 7) is 4.36. The predicted octanol–water partition coefficient (Wildman–Crippen LogP) is 0.789. The first-order valence-electron chi connectivity index (χ1n) is 5.44. The lowest BCUT2D eigenvalue weighted by molar-refractivity contribution is 0.0956. The first kappa shape index (κ1) is 13.7. The van der Waals surface area contributed by atoms with Crippen LogP contribution >= 0.6 is 12.4 Å². The SMILES string of the molecule is Cc1[nH]ncc1C(=O)NCC1=CCNCC1.Cl. The number of halogens is 1. The van der Waals surface area contributed by atoms with E-state index in [9.17, 15) is 4.79 Å². The van der Waals surface area contributed by atoms with E-state index >= 15 is 0 Å². The van der Waals surface area contributed by atoms with E-state index in [0.29, 0.717) is 12.1 Å². The molecular formula is C11H17ClN4O. The summed E-state index contributed by atoms with van der Waals surface area (Å²) in [5.41, 5.74) is 2.71. The lowest BCUT2D eigenvalue weighted by Gasteiger charge is -2.14. The molecule has 0 aromatic carbocycles. The average molecular weight is 257 g/mol. The van der Waals surface area contributed by atoms with Gasteiger partial charge >= 0.3 is 0 Å². The van der Waals surface area contributed by atoms with Gasteiger partial charge in [0, 0.05) is 18.8 Å². The van der Waals surface area contributed by atoms with Crippen LogP contribution in [0.25, 0.3) is 0 Å². The number of rotatable bonds is 3. The standard InChI is InChI=1S/C11H16N4O.ClH/c1-8-10(7-14-15-8)11(16)13-6-9-2-4-12-5-3-9;/h2,7,12H,3-6H2,1H3,(H,13,16)(H,14,15);1H. The average Bonchev–Trinajstić information content (AvgIpc) is 2.74. The zero-order valence-electron chi connectivity index (χ0n) is 9.75. The lowest BCUT2D eigenvalue weighted by atomic mass is 10.1. The van der Waals surface area contributed by atoms with Crippen molar-refractivity contribution in [3.63, 3.8) is 0 Å². The summed E-state index contributed by atoms with van der Waals surface area (Å²) in [7, 11) is 0. The molecule has 2 heterocycles. The van der Waals surface area contributed by atoms with E-state index in [4.69, 9.17) is 0 Å². The number of carbonyl (C=O) groups excluding carboxylic acids is 1. The molecule has 0 saturated heterocycles. The third kappa shape index (κ3) is 3.57. The minimum atomic E-state index is -0.0642. The molecule has 1 amide bonds. The number of amides is 1. The summed E-state index contributed by atoms with van der Waals surface area (Å²) in [5.74, 6) is -0.0642. The van der Waals surface area contributed by atoms with E-state index in [1.54, 1.807) is 6.20 Å². The van der Waals surface area contributed by atoms with Gasteiger partial charge in [0.25, 0.3) is 5.91 Å². The Labute approximate surface area is 106 Å². The van der Waals surface area contributed by atoms with Crippen LogP contribution in [0.15, 0.2) is 17.8 Å². The summed E-state index contributed by atoms with van der Waals surface area (Å²) in [4.78, 5) is 11.8. The fraction of sp³-hybridized carbons (Fsp3) is 0.455. The number of hydrogen-bond acceptors (Lipinski definition) is 3. The van der Waals surface area contributed by atoms with Crippen molar-refractivity contribution in [1.29, 1.82) is 0 Å². The van der Waals surface area contributed by atoms with Crippen molar-refractivity contribution in [2.45, 2.75) is 13.3 Å². The first-order valence-corrected chi connectivity index (χ1v) is 5.44. The van der Waals surface area contributed by atoms with Crippen molar-refractivity contribution in [3.05, 3.63) is 29.1 Å². The number of hydrogen-bond donors (Lipinski definition) is 3. The van der Waals surface area contributed by atoms with Crippen LogP contribution in [0, 0.1) is 6.92 Å². The van der Waals surface area contributed by atoms with Gasteiger partial charge < -0.3 is 10.6 Å². The van der Waals surface area contributed by atoms with Crippen LogP contribution in [0.5, 0.6) is 0 Å². The van der Waals surface area contributed by atoms with Crippen LogP contribution in [-0.2, 0) is 0 Å². The predicted molar refractivity (Wildman–Crippen MR) is 68.5 cm³/mol. The number of carbonyl (C=O) groups is 1. The van der Waals surface area contributed by atoms with Gasteiger partial charge in [0.05, 0.1) is 11.8 Å². The van der Waals surface area contributed by atoms with Gasteiger partial charge in [-0.05, 0) is 19.9 Å². The molecule has 6 heteroatoms. The Balaban J connectivity index is 0.00000144. The van der Waals surface area contributed by atoms with Crippen molar-refractivity contribution in [2.24, 2.45) is 0 Å². The normalized spacial score (nSPS) is 14.8. The van der Waals surface area contributed by atoms with Crippen molar-refractivity contribution >= 4 is 18.3 Å². The van der Waals surface area contributed by atoms with Crippen molar-refractivity contribution in [3.8, 4) is 0 Å². The Morgan fingerprint density at radius 1 is 1.59 bits per heavy atom. The molecule has 1 aliphatic heterocycles. The molecule has 0 unspecified atom stereocenters. The van der Waals surface area contributed by atoms with Crippen LogP contribution in [0.4, 0.5) is 0 Å². The Hall–Kier alpha value is -1.33. The quantitative estimate of drug-likeness (QED) is 0.701. The number of aryl methyl sites for hydroxylation is 1. The second-order valence-corrected chi connectivity index (χ2v) is 3.91. The largest absolute Gasteiger partial charge is 0.348 e. The van der Waals surface area contributed by atoms with E-state index in [1.165, 1.54) is 5.57 Å². The highest BCUT2D eigenvalue weighted by Gasteiger charge is 2.11. The van der Waals surface area contributed by atoms with Gasteiger partial charge in [-0.2, -0.15) is 5.10 Å². The first-order chi connectivity index (χ1) is 7.77. The van der Waals surface area contributed by atoms with Gasteiger partial charge in [-0.1, -0.05) is 11.6 Å². The maximum absolute atomic E-state index is 11.8. The molecule has 0 fully saturated rings. The lowest BCUT2D eigenvalue weighted by Crippen LogP contribution is -2.29. The highest BCUT2D eigenvalue weighted by molar-refractivity contribution is 5.95. The van der Waals surface area contributed by atoms with Crippen LogP contribution in [0.3, 0.4) is 0 Å². The second-order valence-electron chi connectivity index (χ2n) is 3.91. The van der Waals surface area contributed by atoms with E-state index in [1.807, 2.05) is 6.92 Å². The molecule has 2 rings (SSSR count). The fourth-order valence-electron chi connectivity index (χ4n) is 1.70. The summed E-state index contributed by atoms with van der Waals surface area (Å²) in [6, 6.07) is 0. The highest BCUT2D eigenvalue weighted by atomic mass is 35.5. The Kier molecular flexibility index (Phi) is 5.18. The number of aromatic nitrogens is 2. The molecule has 0 spiro atoms. The molecule has 3 N–H and O–H groups in total. The summed E-state index contributed by atoms with van der Waals surface area (Å²) >= 11 is 0. The smallest absolute Gasteiger partial charge is 0.254 e. The molecule has 0 saturated carbocycles. The maximum atomic E-state index is 11.8. The molecular weight excluding hydrogens is 240 g/mol. The maximum Gasteiger partial charge on any atom is 0.254 e. The van der Waals surface area contributed by atoms with Crippen LogP contribution in [-0.4, -0.2) is 35.7 Å². The number of aromatic amines is 1. The molecule has 1 aromatic heterocycles. The van der Waals surface area contributed by atoms with Gasteiger partial charge in [-0.15, -0.1) is 12.4 Å². The van der Waals surface area contributed by atoms with Gasteiger partial charge in [0.2, 0.25) is 0 Å². The van der Waals surface area contributed by atoms with Gasteiger partial charge in [0.15, 0.2) is 0 Å². The van der Waals surface area contributed by atoms with Crippen LogP contribution in [0.2, 0.25) is 0 Å². The number of nitrogens with zero attached hydrogens (tertiary/aromatic N) is 1. The van der Waals surface area contributed by atoms with Gasteiger partial charge in [-0.3, -0.25) is 9.89 Å². The van der Waals surface area contributed by atoms with E-state index in [2.05, 4.69) is 26.9 Å². The molecule has 0 bridgehead atoms. The summed E-state index contributed by atoms with van der Waals surface area (Å²) < 4.78 is 0. The Morgan fingerprint density at radius 3 is 3.00 bits per heavy atom. The van der Waals surface area contributed by atoms with E-state index in [0.717, 1.165) is 25.2 Å². The highest BCUT2D eigenvalue weighted by Crippen LogP contribution is 2.05. The third-order valence-electron chi connectivity index (χ3n) is 2.71.